The fourth-order valence-corrected chi connectivity index (χ4v) is 3.54. The van der Waals surface area contributed by atoms with Crippen LogP contribution < -0.4 is 5.32 Å². The highest BCUT2D eigenvalue weighted by Crippen LogP contribution is 2.37. The number of tetrazole rings is 1. The second-order valence-corrected chi connectivity index (χ2v) is 7.26. The van der Waals surface area contributed by atoms with Crippen molar-refractivity contribution >= 4 is 46.8 Å². The van der Waals surface area contributed by atoms with Crippen molar-refractivity contribution < 1.29 is 19.1 Å². The molecule has 152 valence electrons. The van der Waals surface area contributed by atoms with Gasteiger partial charge in [0, 0.05) is 7.11 Å². The molecule has 1 aromatic carbocycles. The van der Waals surface area contributed by atoms with Gasteiger partial charge in [-0.15, -0.1) is 5.10 Å². The Kier molecular flexibility index (Phi) is 8.97. The summed E-state index contributed by atoms with van der Waals surface area (Å²) < 4.78 is 11.0. The third kappa shape index (κ3) is 6.33. The second-order valence-electron chi connectivity index (χ2n) is 5.47. The largest absolute Gasteiger partial charge is 0.447 e. The summed E-state index contributed by atoms with van der Waals surface area (Å²) >= 11 is 13.5. The molecule has 9 nitrogen and oxygen atoms in total. The predicted octanol–water partition coefficient (Wildman–Crippen LogP) is 2.85. The zero-order chi connectivity index (χ0) is 20.5. The Hall–Kier alpha value is -1.88. The number of nitrogens with zero attached hydrogens (tertiary/aromatic N) is 4. The number of ether oxygens (including phenoxy) is 2. The van der Waals surface area contributed by atoms with Crippen molar-refractivity contribution in [3.8, 4) is 0 Å². The Bertz CT molecular complexity index is 800. The summed E-state index contributed by atoms with van der Waals surface area (Å²) in [5.41, 5.74) is 0. The number of hydrogen-bond acceptors (Lipinski definition) is 8. The van der Waals surface area contributed by atoms with Gasteiger partial charge in [-0.05, 0) is 40.7 Å². The highest BCUT2D eigenvalue weighted by molar-refractivity contribution is 7.99. The molecule has 0 aliphatic carbocycles. The van der Waals surface area contributed by atoms with E-state index in [-0.39, 0.29) is 25.5 Å². The summed E-state index contributed by atoms with van der Waals surface area (Å²) in [6, 6.07) is 4.38. The van der Waals surface area contributed by atoms with Crippen LogP contribution in [0.3, 0.4) is 0 Å². The van der Waals surface area contributed by atoms with E-state index in [1.165, 1.54) is 11.8 Å². The summed E-state index contributed by atoms with van der Waals surface area (Å²) in [5.74, 6) is -0.273. The molecule has 0 spiro atoms. The molecule has 12 heteroatoms. The summed E-state index contributed by atoms with van der Waals surface area (Å²) in [6.45, 7) is 2.01. The molecule has 0 saturated carbocycles. The monoisotopic (exact) mass is 447 g/mol. The smallest absolute Gasteiger partial charge is 0.407 e. The molecule has 1 N–H and O–H groups in total. The van der Waals surface area contributed by atoms with Gasteiger partial charge in [0.15, 0.2) is 5.78 Å². The maximum Gasteiger partial charge on any atom is 0.407 e. The zero-order valence-electron chi connectivity index (χ0n) is 15.2. The lowest BCUT2D eigenvalue weighted by Gasteiger charge is -2.16. The van der Waals surface area contributed by atoms with Crippen LogP contribution in [0.1, 0.15) is 13.3 Å². The minimum atomic E-state index is -0.735. The van der Waals surface area contributed by atoms with Crippen molar-refractivity contribution in [2.75, 3.05) is 20.3 Å². The van der Waals surface area contributed by atoms with E-state index in [1.807, 2.05) is 0 Å². The Balaban J connectivity index is 2.02. The molecule has 0 aliphatic rings. The topological polar surface area (TPSA) is 108 Å². The maximum absolute atomic E-state index is 12.6. The van der Waals surface area contributed by atoms with Gasteiger partial charge in [-0.2, -0.15) is 0 Å². The lowest BCUT2D eigenvalue weighted by atomic mass is 10.1. The standard InChI is InChI=1S/C16H19Cl2N5O4S/c1-3-12(19-16(25)27-8-7-26-2)13(24)9-23-15(20-21-22-23)28-14-10(17)5-4-6-11(14)18/h4-6,12H,3,7-9H2,1-2H3,(H,19,25). The summed E-state index contributed by atoms with van der Waals surface area (Å²) in [7, 11) is 1.50. The SMILES string of the molecule is CCC(NC(=O)OCCOC)C(=O)Cn1nnnc1Sc1c(Cl)cccc1Cl. The molecule has 2 rings (SSSR count). The van der Waals surface area contributed by atoms with Crippen LogP contribution >= 0.6 is 35.0 Å². The van der Waals surface area contributed by atoms with E-state index in [1.54, 1.807) is 25.1 Å². The van der Waals surface area contributed by atoms with E-state index in [2.05, 4.69) is 20.8 Å². The van der Waals surface area contributed by atoms with Gasteiger partial charge in [-0.1, -0.05) is 36.2 Å². The van der Waals surface area contributed by atoms with Crippen LogP contribution in [0.15, 0.2) is 28.3 Å². The third-order valence-corrected chi connectivity index (χ3v) is 5.50. The van der Waals surface area contributed by atoms with Crippen LogP contribution in [-0.2, 0) is 20.8 Å². The number of nitrogens with one attached hydrogen (secondary N) is 1. The number of ketones is 1. The highest BCUT2D eigenvalue weighted by atomic mass is 35.5. The van der Waals surface area contributed by atoms with Crippen molar-refractivity contribution in [2.24, 2.45) is 0 Å². The Morgan fingerprint density at radius 3 is 2.64 bits per heavy atom. The summed E-state index contributed by atoms with van der Waals surface area (Å²) in [4.78, 5) is 24.9. The maximum atomic E-state index is 12.6. The van der Waals surface area contributed by atoms with E-state index in [9.17, 15) is 9.59 Å². The van der Waals surface area contributed by atoms with E-state index in [0.717, 1.165) is 11.8 Å². The number of carbonyl (C=O) groups is 2. The number of carbonyl (C=O) groups excluding carboxylic acids is 2. The number of rotatable bonds is 10. The molecule has 1 aromatic heterocycles. The van der Waals surface area contributed by atoms with Crippen LogP contribution in [-0.4, -0.2) is 58.4 Å². The van der Waals surface area contributed by atoms with Crippen molar-refractivity contribution in [2.45, 2.75) is 36.0 Å². The number of halogens is 2. The first-order chi connectivity index (χ1) is 13.5. The number of hydrogen-bond donors (Lipinski definition) is 1. The number of Topliss-reactive ketones (excluding diaryl/α,β-unsaturated/α-hetero) is 1. The molecule has 1 amide bonds. The van der Waals surface area contributed by atoms with Gasteiger partial charge in [0.25, 0.3) is 0 Å². The fourth-order valence-electron chi connectivity index (χ4n) is 2.11. The van der Waals surface area contributed by atoms with E-state index in [4.69, 9.17) is 32.7 Å². The Labute approximate surface area is 176 Å². The average molecular weight is 448 g/mol. The van der Waals surface area contributed by atoms with Gasteiger partial charge in [-0.25, -0.2) is 9.48 Å². The molecule has 0 bridgehead atoms. The van der Waals surface area contributed by atoms with Crippen molar-refractivity contribution in [1.29, 1.82) is 0 Å². The van der Waals surface area contributed by atoms with Crippen LogP contribution in [0.2, 0.25) is 10.0 Å². The molecule has 0 fully saturated rings. The quantitative estimate of drug-likeness (QED) is 0.553. The fraction of sp³-hybridized carbons (Fsp3) is 0.438. The first kappa shape index (κ1) is 22.4. The minimum Gasteiger partial charge on any atom is -0.447 e. The van der Waals surface area contributed by atoms with Gasteiger partial charge in [0.05, 0.1) is 27.6 Å². The van der Waals surface area contributed by atoms with Crippen molar-refractivity contribution in [1.82, 2.24) is 25.5 Å². The lowest BCUT2D eigenvalue weighted by Crippen LogP contribution is -2.42. The van der Waals surface area contributed by atoms with Crippen molar-refractivity contribution in [3.63, 3.8) is 0 Å². The molecule has 28 heavy (non-hydrogen) atoms. The van der Waals surface area contributed by atoms with Gasteiger partial charge in [-0.3, -0.25) is 4.79 Å². The van der Waals surface area contributed by atoms with Gasteiger partial charge >= 0.3 is 6.09 Å². The number of aromatic nitrogens is 4. The first-order valence-electron chi connectivity index (χ1n) is 8.29. The Morgan fingerprint density at radius 1 is 1.29 bits per heavy atom. The number of methoxy groups -OCH3 is 1. The second kappa shape index (κ2) is 11.2. The number of alkyl carbamates (subject to hydrolysis) is 1. The van der Waals surface area contributed by atoms with E-state index < -0.39 is 12.1 Å². The normalized spacial score (nSPS) is 11.9. The molecule has 1 unspecified atom stereocenters. The van der Waals surface area contributed by atoms with Crippen molar-refractivity contribution in [3.05, 3.63) is 28.2 Å². The van der Waals surface area contributed by atoms with Crippen LogP contribution in [0, 0.1) is 0 Å². The number of benzene rings is 1. The Morgan fingerprint density at radius 2 is 2.00 bits per heavy atom. The van der Waals surface area contributed by atoms with Gasteiger partial charge in [0.1, 0.15) is 13.2 Å². The molecule has 1 heterocycles. The first-order valence-corrected chi connectivity index (χ1v) is 9.86. The van der Waals surface area contributed by atoms with E-state index >= 15 is 0 Å². The number of amides is 1. The lowest BCUT2D eigenvalue weighted by molar-refractivity contribution is -0.122. The molecular formula is C16H19Cl2N5O4S. The summed E-state index contributed by atoms with van der Waals surface area (Å²) in [5, 5.41) is 15.1. The van der Waals surface area contributed by atoms with Crippen LogP contribution in [0.25, 0.3) is 0 Å². The third-order valence-electron chi connectivity index (χ3n) is 3.53. The zero-order valence-corrected chi connectivity index (χ0v) is 17.6. The average Bonchev–Trinajstić information content (AvgIpc) is 3.09. The molecule has 1 atom stereocenters. The predicted molar refractivity (Wildman–Crippen MR) is 104 cm³/mol. The molecular weight excluding hydrogens is 429 g/mol. The molecule has 0 saturated heterocycles. The highest BCUT2D eigenvalue weighted by Gasteiger charge is 2.22. The van der Waals surface area contributed by atoms with Crippen LogP contribution in [0.4, 0.5) is 4.79 Å². The van der Waals surface area contributed by atoms with Gasteiger partial charge in [0.2, 0.25) is 5.16 Å². The molecule has 2 aromatic rings. The van der Waals surface area contributed by atoms with E-state index in [0.29, 0.717) is 26.5 Å². The summed E-state index contributed by atoms with van der Waals surface area (Å²) in [6.07, 6.45) is -0.300. The van der Waals surface area contributed by atoms with Crippen LogP contribution in [0.5, 0.6) is 0 Å². The van der Waals surface area contributed by atoms with Gasteiger partial charge < -0.3 is 14.8 Å². The molecule has 0 aliphatic heterocycles. The minimum absolute atomic E-state index is 0.0966. The molecule has 0 radical (unpaired) electrons.